The monoisotopic (exact) mass is 725 g/mol. The van der Waals surface area contributed by atoms with Gasteiger partial charge in [-0.3, -0.25) is 19.1 Å². The molecule has 0 saturated heterocycles. The number of nitrogens with zero attached hydrogens (tertiary/aromatic N) is 2. The quantitative estimate of drug-likeness (QED) is 0.106. The summed E-state index contributed by atoms with van der Waals surface area (Å²) in [5.41, 5.74) is 10.5. The highest BCUT2D eigenvalue weighted by Gasteiger charge is 2.21. The van der Waals surface area contributed by atoms with E-state index in [9.17, 15) is 14.4 Å². The van der Waals surface area contributed by atoms with E-state index in [1.54, 1.807) is 48.1 Å². The Labute approximate surface area is 289 Å². The molecular formula is C36H41BrClN3O6. The Morgan fingerprint density at radius 3 is 2.30 bits per heavy atom. The average Bonchev–Trinajstić information content (AvgIpc) is 3.40. The molecule has 0 amide bonds. The molecule has 1 saturated carbocycles. The minimum absolute atomic E-state index is 0.0255. The van der Waals surface area contributed by atoms with Crippen LogP contribution in [0.4, 0.5) is 5.69 Å². The number of carbonyl (C=O) groups is 3. The maximum Gasteiger partial charge on any atom is 0.338 e. The summed E-state index contributed by atoms with van der Waals surface area (Å²) in [5, 5.41) is 1.60. The Balaban J connectivity index is 0.000000217. The number of halogens is 2. The van der Waals surface area contributed by atoms with E-state index < -0.39 is 11.9 Å². The van der Waals surface area contributed by atoms with Gasteiger partial charge in [0.25, 0.3) is 5.91 Å². The molecule has 2 N–H and O–H groups in total. The van der Waals surface area contributed by atoms with Gasteiger partial charge in [0.2, 0.25) is 0 Å². The van der Waals surface area contributed by atoms with Crippen LogP contribution < -0.4 is 10.5 Å². The topological polar surface area (TPSA) is 113 Å². The van der Waals surface area contributed by atoms with Crippen LogP contribution in [0.5, 0.6) is 5.75 Å². The molecule has 4 aromatic rings. The van der Waals surface area contributed by atoms with Gasteiger partial charge >= 0.3 is 11.9 Å². The highest BCUT2D eigenvalue weighted by atomic mass is 79.9. The Morgan fingerprint density at radius 2 is 1.64 bits per heavy atom. The van der Waals surface area contributed by atoms with Crippen molar-refractivity contribution in [1.82, 2.24) is 9.47 Å². The molecule has 5 rings (SSSR count). The highest BCUT2D eigenvalue weighted by Crippen LogP contribution is 2.30. The van der Waals surface area contributed by atoms with Gasteiger partial charge in [0.15, 0.2) is 0 Å². The van der Waals surface area contributed by atoms with E-state index in [4.69, 9.17) is 31.5 Å². The second-order valence-electron chi connectivity index (χ2n) is 11.6. The van der Waals surface area contributed by atoms with Crippen LogP contribution in [-0.2, 0) is 20.8 Å². The Kier molecular flexibility index (Phi) is 12.9. The summed E-state index contributed by atoms with van der Waals surface area (Å²) >= 11 is 9.30. The number of hydrogen-bond acceptors (Lipinski definition) is 8. The lowest BCUT2D eigenvalue weighted by molar-refractivity contribution is -0.142. The average molecular weight is 727 g/mol. The van der Waals surface area contributed by atoms with Crippen molar-refractivity contribution in [2.75, 3.05) is 33.1 Å². The molecule has 0 bridgehead atoms. The van der Waals surface area contributed by atoms with Crippen LogP contribution in [0.3, 0.4) is 0 Å². The lowest BCUT2D eigenvalue weighted by Gasteiger charge is -2.31. The van der Waals surface area contributed by atoms with Crippen LogP contribution in [0.2, 0.25) is 5.02 Å². The first-order chi connectivity index (χ1) is 22.5. The largest absolute Gasteiger partial charge is 0.497 e. The smallest absolute Gasteiger partial charge is 0.338 e. The van der Waals surface area contributed by atoms with E-state index in [0.29, 0.717) is 38.9 Å². The van der Waals surface area contributed by atoms with Crippen molar-refractivity contribution >= 4 is 62.0 Å². The zero-order valence-electron chi connectivity index (χ0n) is 27.2. The lowest BCUT2D eigenvalue weighted by Crippen LogP contribution is -2.33. The van der Waals surface area contributed by atoms with Gasteiger partial charge in [-0.2, -0.15) is 0 Å². The molecule has 0 atom stereocenters. The summed E-state index contributed by atoms with van der Waals surface area (Å²) in [5.74, 6) is -0.147. The van der Waals surface area contributed by atoms with E-state index in [2.05, 4.69) is 27.9 Å². The first-order valence-corrected chi connectivity index (χ1v) is 16.7. The van der Waals surface area contributed by atoms with Crippen molar-refractivity contribution in [3.63, 3.8) is 0 Å². The number of fused-ring (bicyclic) bond motifs is 1. The third-order valence-corrected chi connectivity index (χ3v) is 9.09. The molecule has 1 aliphatic carbocycles. The molecule has 47 heavy (non-hydrogen) atoms. The van der Waals surface area contributed by atoms with Gasteiger partial charge in [-0.05, 0) is 109 Å². The SMILES string of the molecule is CC(=O)OCCOC(=O)c1cc(Br)c(N)c(CN(C)C2CCCCC2)c1.COc1ccc2c(c1)cc(C)n2C(=O)c1ccc(Cl)cc1. The molecule has 1 fully saturated rings. The third kappa shape index (κ3) is 9.59. The van der Waals surface area contributed by atoms with Crippen molar-refractivity contribution in [2.45, 2.75) is 58.5 Å². The number of nitrogen functional groups attached to an aromatic ring is 1. The standard InChI is InChI=1S/C19H27BrN2O4.C17H14ClNO2/c1-13(23)25-8-9-26-19(24)14-10-15(18(21)17(20)11-14)12-22(2)16-6-4-3-5-7-16;1-11-9-13-10-15(21-2)7-8-16(13)19(11)17(20)12-3-5-14(18)6-4-12/h10-11,16H,3-9,12,21H2,1-2H3;3-10H,1-2H3. The molecule has 1 aromatic heterocycles. The Hall–Kier alpha value is -3.86. The molecule has 0 aliphatic heterocycles. The van der Waals surface area contributed by atoms with E-state index in [0.717, 1.165) is 27.9 Å². The van der Waals surface area contributed by atoms with Crippen molar-refractivity contribution < 1.29 is 28.6 Å². The molecule has 1 aliphatic rings. The number of methoxy groups -OCH3 is 1. The van der Waals surface area contributed by atoms with Crippen LogP contribution in [0.25, 0.3) is 10.9 Å². The molecule has 0 radical (unpaired) electrons. The number of benzene rings is 3. The molecular weight excluding hydrogens is 686 g/mol. The normalized spacial score (nSPS) is 13.2. The van der Waals surface area contributed by atoms with E-state index in [-0.39, 0.29) is 19.1 Å². The number of esters is 2. The van der Waals surface area contributed by atoms with Crippen molar-refractivity contribution in [1.29, 1.82) is 0 Å². The van der Waals surface area contributed by atoms with Gasteiger partial charge < -0.3 is 19.9 Å². The van der Waals surface area contributed by atoms with Gasteiger partial charge in [-0.15, -0.1) is 0 Å². The van der Waals surface area contributed by atoms with Gasteiger partial charge in [0.05, 0.1) is 23.9 Å². The maximum atomic E-state index is 12.7. The highest BCUT2D eigenvalue weighted by molar-refractivity contribution is 9.10. The first kappa shape index (κ1) is 36.0. The number of hydrogen-bond donors (Lipinski definition) is 1. The number of nitrogens with two attached hydrogens (primary N) is 1. The number of aryl methyl sites for hydroxylation is 1. The molecule has 250 valence electrons. The molecule has 0 spiro atoms. The zero-order chi connectivity index (χ0) is 34.1. The fourth-order valence-corrected chi connectivity index (χ4v) is 6.32. The van der Waals surface area contributed by atoms with Crippen molar-refractivity contribution in [2.24, 2.45) is 0 Å². The number of anilines is 1. The number of carbonyl (C=O) groups excluding carboxylic acids is 3. The van der Waals surface area contributed by atoms with Crippen LogP contribution >= 0.6 is 27.5 Å². The summed E-state index contributed by atoms with van der Waals surface area (Å²) in [6, 6.07) is 18.6. The fraction of sp³-hybridized carbons (Fsp3) is 0.361. The van der Waals surface area contributed by atoms with Crippen molar-refractivity contribution in [3.8, 4) is 5.75 Å². The molecule has 11 heteroatoms. The van der Waals surface area contributed by atoms with Crippen LogP contribution in [-0.4, -0.2) is 60.7 Å². The minimum Gasteiger partial charge on any atom is -0.497 e. The summed E-state index contributed by atoms with van der Waals surface area (Å²) in [7, 11) is 3.73. The van der Waals surface area contributed by atoms with Gasteiger partial charge in [0.1, 0.15) is 19.0 Å². The summed E-state index contributed by atoms with van der Waals surface area (Å²) < 4.78 is 17.5. The number of ether oxygens (including phenoxy) is 3. The van der Waals surface area contributed by atoms with Crippen LogP contribution in [0.15, 0.2) is 65.1 Å². The summed E-state index contributed by atoms with van der Waals surface area (Å²) in [4.78, 5) is 38.0. The van der Waals surface area contributed by atoms with Crippen molar-refractivity contribution in [3.05, 3.63) is 92.5 Å². The molecule has 1 heterocycles. The zero-order valence-corrected chi connectivity index (χ0v) is 29.5. The number of aromatic nitrogens is 1. The van der Waals surface area contributed by atoms with Gasteiger partial charge in [0, 0.05) is 45.6 Å². The van der Waals surface area contributed by atoms with E-state index >= 15 is 0 Å². The molecule has 9 nitrogen and oxygen atoms in total. The summed E-state index contributed by atoms with van der Waals surface area (Å²) in [6.45, 7) is 3.99. The minimum atomic E-state index is -0.459. The van der Waals surface area contributed by atoms with E-state index in [1.807, 2.05) is 31.2 Å². The molecule has 3 aromatic carbocycles. The second kappa shape index (κ2) is 16.8. The predicted octanol–water partition coefficient (Wildman–Crippen LogP) is 7.82. The predicted molar refractivity (Wildman–Crippen MR) is 188 cm³/mol. The van der Waals surface area contributed by atoms with Gasteiger partial charge in [-0.1, -0.05) is 30.9 Å². The third-order valence-electron chi connectivity index (χ3n) is 8.18. The van der Waals surface area contributed by atoms with E-state index in [1.165, 1.54) is 39.0 Å². The molecule has 0 unspecified atom stereocenters. The van der Waals surface area contributed by atoms with Gasteiger partial charge in [-0.25, -0.2) is 4.79 Å². The number of rotatable bonds is 9. The Morgan fingerprint density at radius 1 is 0.957 bits per heavy atom. The second-order valence-corrected chi connectivity index (χ2v) is 12.9. The Bertz CT molecular complexity index is 1720. The lowest BCUT2D eigenvalue weighted by atomic mass is 9.94. The van der Waals surface area contributed by atoms with Crippen LogP contribution in [0.1, 0.15) is 71.0 Å². The first-order valence-electron chi connectivity index (χ1n) is 15.5. The van der Waals surface area contributed by atoms with Crippen LogP contribution in [0, 0.1) is 6.92 Å². The summed E-state index contributed by atoms with van der Waals surface area (Å²) in [6.07, 6.45) is 6.25. The fourth-order valence-electron chi connectivity index (χ4n) is 5.70. The maximum absolute atomic E-state index is 12.7.